The van der Waals surface area contributed by atoms with Gasteiger partial charge in [-0.2, -0.15) is 0 Å². The zero-order chi connectivity index (χ0) is 19.5. The fourth-order valence-corrected chi connectivity index (χ4v) is 3.82. The summed E-state index contributed by atoms with van der Waals surface area (Å²) in [6, 6.07) is 14.5. The number of benzene rings is 2. The SMILES string of the molecule is Cc1cccc(C(c2cccc(NC(=O)[C@@H]3CCOC3)c2)c2cnc[nH]2)c1C. The molecule has 2 N–H and O–H groups in total. The molecule has 0 bridgehead atoms. The lowest BCUT2D eigenvalue weighted by atomic mass is 9.85. The summed E-state index contributed by atoms with van der Waals surface area (Å²) < 4.78 is 5.34. The van der Waals surface area contributed by atoms with Crippen molar-refractivity contribution in [2.24, 2.45) is 5.92 Å². The number of carbonyl (C=O) groups excluding carboxylic acids is 1. The second-order valence-electron chi connectivity index (χ2n) is 7.40. The highest BCUT2D eigenvalue weighted by Crippen LogP contribution is 2.34. The van der Waals surface area contributed by atoms with Crippen LogP contribution < -0.4 is 5.32 Å². The predicted octanol–water partition coefficient (Wildman–Crippen LogP) is 4.18. The van der Waals surface area contributed by atoms with E-state index in [0.29, 0.717) is 13.2 Å². The molecule has 2 heterocycles. The second-order valence-corrected chi connectivity index (χ2v) is 7.40. The quantitative estimate of drug-likeness (QED) is 0.703. The predicted molar refractivity (Wildman–Crippen MR) is 109 cm³/mol. The minimum absolute atomic E-state index is 0.0223. The molecule has 5 nitrogen and oxygen atoms in total. The first-order valence-electron chi connectivity index (χ1n) is 9.66. The molecule has 2 atom stereocenters. The summed E-state index contributed by atoms with van der Waals surface area (Å²) in [5.74, 6) is -0.0142. The van der Waals surface area contributed by atoms with Crippen LogP contribution in [0.4, 0.5) is 5.69 Å². The molecule has 1 aliphatic heterocycles. The van der Waals surface area contributed by atoms with Crippen LogP contribution in [-0.2, 0) is 9.53 Å². The third kappa shape index (κ3) is 3.71. The number of hydrogen-bond acceptors (Lipinski definition) is 3. The molecule has 0 radical (unpaired) electrons. The third-order valence-electron chi connectivity index (χ3n) is 5.58. The van der Waals surface area contributed by atoms with E-state index in [-0.39, 0.29) is 17.7 Å². The number of H-pyrrole nitrogens is 1. The van der Waals surface area contributed by atoms with Gasteiger partial charge in [0.25, 0.3) is 0 Å². The Morgan fingerprint density at radius 3 is 2.86 bits per heavy atom. The van der Waals surface area contributed by atoms with Crippen molar-refractivity contribution in [1.29, 1.82) is 0 Å². The Kier molecular flexibility index (Phi) is 5.26. The van der Waals surface area contributed by atoms with Crippen LogP contribution in [0, 0.1) is 19.8 Å². The summed E-state index contributed by atoms with van der Waals surface area (Å²) in [6.07, 6.45) is 4.36. The van der Waals surface area contributed by atoms with Crippen molar-refractivity contribution >= 4 is 11.6 Å². The van der Waals surface area contributed by atoms with E-state index >= 15 is 0 Å². The second kappa shape index (κ2) is 7.98. The van der Waals surface area contributed by atoms with Crippen molar-refractivity contribution in [2.75, 3.05) is 18.5 Å². The first-order chi connectivity index (χ1) is 13.6. The molecule has 0 spiro atoms. The summed E-state index contributed by atoms with van der Waals surface area (Å²) in [6.45, 7) is 5.44. The zero-order valence-corrected chi connectivity index (χ0v) is 16.2. The Balaban J connectivity index is 1.69. The van der Waals surface area contributed by atoms with E-state index in [9.17, 15) is 4.79 Å². The van der Waals surface area contributed by atoms with Crippen LogP contribution in [0.5, 0.6) is 0 Å². The molecule has 1 aromatic heterocycles. The van der Waals surface area contributed by atoms with Gasteiger partial charge in [0.15, 0.2) is 0 Å². The normalized spacial score (nSPS) is 17.4. The minimum Gasteiger partial charge on any atom is -0.381 e. The number of nitrogens with one attached hydrogen (secondary N) is 2. The number of rotatable bonds is 5. The fourth-order valence-electron chi connectivity index (χ4n) is 3.82. The molecule has 1 aliphatic rings. The fraction of sp³-hybridized carbons (Fsp3) is 0.304. The highest BCUT2D eigenvalue weighted by molar-refractivity contribution is 5.92. The van der Waals surface area contributed by atoms with Crippen LogP contribution >= 0.6 is 0 Å². The number of aromatic amines is 1. The van der Waals surface area contributed by atoms with Crippen molar-refractivity contribution in [3.05, 3.63) is 82.9 Å². The monoisotopic (exact) mass is 375 g/mol. The van der Waals surface area contributed by atoms with Crippen molar-refractivity contribution in [3.8, 4) is 0 Å². The lowest BCUT2D eigenvalue weighted by Gasteiger charge is -2.21. The Bertz CT molecular complexity index is 960. The standard InChI is InChI=1S/C23H25N3O2/c1-15-5-3-8-20(16(15)2)22(21-12-24-14-25-21)17-6-4-7-19(11-17)26-23(27)18-9-10-28-13-18/h3-8,11-12,14,18,22H,9-10,13H2,1-2H3,(H,24,25)(H,26,27)/t18-,22?/m1/s1. The number of amides is 1. The maximum atomic E-state index is 12.5. The van der Waals surface area contributed by atoms with Gasteiger partial charge in [-0.05, 0) is 54.7 Å². The van der Waals surface area contributed by atoms with Gasteiger partial charge in [0.05, 0.1) is 24.8 Å². The van der Waals surface area contributed by atoms with E-state index in [4.69, 9.17) is 4.74 Å². The minimum atomic E-state index is -0.0638. The van der Waals surface area contributed by atoms with Crippen LogP contribution in [0.1, 0.15) is 40.3 Å². The Morgan fingerprint density at radius 2 is 2.11 bits per heavy atom. The van der Waals surface area contributed by atoms with Crippen LogP contribution in [0.3, 0.4) is 0 Å². The summed E-state index contributed by atoms with van der Waals surface area (Å²) >= 11 is 0. The molecular formula is C23H25N3O2. The summed E-state index contributed by atoms with van der Waals surface area (Å²) in [5, 5.41) is 3.06. The van der Waals surface area contributed by atoms with Gasteiger partial charge in [-0.3, -0.25) is 4.79 Å². The lowest BCUT2D eigenvalue weighted by molar-refractivity contribution is -0.119. The number of hydrogen-bond donors (Lipinski definition) is 2. The van der Waals surface area contributed by atoms with E-state index in [1.807, 2.05) is 18.3 Å². The van der Waals surface area contributed by atoms with Gasteiger partial charge < -0.3 is 15.0 Å². The van der Waals surface area contributed by atoms with E-state index in [0.717, 1.165) is 23.4 Å². The van der Waals surface area contributed by atoms with E-state index in [1.54, 1.807) is 6.33 Å². The van der Waals surface area contributed by atoms with E-state index in [2.05, 4.69) is 59.5 Å². The summed E-state index contributed by atoms with van der Waals surface area (Å²) in [7, 11) is 0. The first-order valence-corrected chi connectivity index (χ1v) is 9.66. The molecule has 1 saturated heterocycles. The van der Waals surface area contributed by atoms with Gasteiger partial charge in [0.1, 0.15) is 0 Å². The van der Waals surface area contributed by atoms with Gasteiger partial charge in [0, 0.05) is 24.2 Å². The highest BCUT2D eigenvalue weighted by atomic mass is 16.5. The van der Waals surface area contributed by atoms with Gasteiger partial charge in [-0.1, -0.05) is 30.3 Å². The maximum absolute atomic E-state index is 12.5. The van der Waals surface area contributed by atoms with Gasteiger partial charge in [-0.25, -0.2) is 4.98 Å². The largest absolute Gasteiger partial charge is 0.381 e. The van der Waals surface area contributed by atoms with Crippen molar-refractivity contribution in [3.63, 3.8) is 0 Å². The lowest BCUT2D eigenvalue weighted by Crippen LogP contribution is -2.22. The molecule has 5 heteroatoms. The van der Waals surface area contributed by atoms with Gasteiger partial charge in [-0.15, -0.1) is 0 Å². The number of carbonyl (C=O) groups is 1. The average Bonchev–Trinajstić information content (AvgIpc) is 3.40. The smallest absolute Gasteiger partial charge is 0.229 e. The zero-order valence-electron chi connectivity index (χ0n) is 16.2. The number of aromatic nitrogens is 2. The summed E-state index contributed by atoms with van der Waals surface area (Å²) in [4.78, 5) is 20.0. The van der Waals surface area contributed by atoms with Gasteiger partial charge in [0.2, 0.25) is 5.91 Å². The van der Waals surface area contributed by atoms with Crippen molar-refractivity contribution < 1.29 is 9.53 Å². The molecule has 3 aromatic rings. The molecule has 1 amide bonds. The van der Waals surface area contributed by atoms with E-state index in [1.165, 1.54) is 16.7 Å². The molecule has 0 saturated carbocycles. The highest BCUT2D eigenvalue weighted by Gasteiger charge is 2.24. The number of aryl methyl sites for hydroxylation is 1. The molecule has 28 heavy (non-hydrogen) atoms. The molecule has 4 rings (SSSR count). The molecule has 0 aliphatic carbocycles. The molecule has 1 fully saturated rings. The third-order valence-corrected chi connectivity index (χ3v) is 5.58. The number of ether oxygens (including phenoxy) is 1. The Labute approximate surface area is 165 Å². The molecule has 1 unspecified atom stereocenters. The topological polar surface area (TPSA) is 67.0 Å². The van der Waals surface area contributed by atoms with Crippen LogP contribution in [0.25, 0.3) is 0 Å². The Hall–Kier alpha value is -2.92. The molecule has 144 valence electrons. The number of imidazole rings is 1. The van der Waals surface area contributed by atoms with E-state index < -0.39 is 0 Å². The summed E-state index contributed by atoms with van der Waals surface area (Å²) in [5.41, 5.74) is 6.70. The van der Waals surface area contributed by atoms with Crippen LogP contribution in [0.2, 0.25) is 0 Å². The van der Waals surface area contributed by atoms with Crippen molar-refractivity contribution in [1.82, 2.24) is 9.97 Å². The molecular weight excluding hydrogens is 350 g/mol. The average molecular weight is 375 g/mol. The number of anilines is 1. The van der Waals surface area contributed by atoms with Crippen LogP contribution in [-0.4, -0.2) is 29.1 Å². The van der Waals surface area contributed by atoms with Crippen molar-refractivity contribution in [2.45, 2.75) is 26.2 Å². The number of nitrogens with zero attached hydrogens (tertiary/aromatic N) is 1. The molecule has 2 aromatic carbocycles. The maximum Gasteiger partial charge on any atom is 0.229 e. The van der Waals surface area contributed by atoms with Crippen LogP contribution in [0.15, 0.2) is 55.0 Å². The Morgan fingerprint density at radius 1 is 1.25 bits per heavy atom. The van der Waals surface area contributed by atoms with Gasteiger partial charge >= 0.3 is 0 Å². The first kappa shape index (κ1) is 18.4.